The summed E-state index contributed by atoms with van der Waals surface area (Å²) in [6, 6.07) is 11.7. The van der Waals surface area contributed by atoms with E-state index < -0.39 is 0 Å². The van der Waals surface area contributed by atoms with Crippen molar-refractivity contribution in [2.75, 3.05) is 38.7 Å². The van der Waals surface area contributed by atoms with Gasteiger partial charge in [-0.2, -0.15) is 0 Å². The predicted octanol–water partition coefficient (Wildman–Crippen LogP) is 3.85. The molecule has 1 saturated heterocycles. The summed E-state index contributed by atoms with van der Waals surface area (Å²) in [7, 11) is 1.58. The van der Waals surface area contributed by atoms with E-state index in [2.05, 4.69) is 38.3 Å². The van der Waals surface area contributed by atoms with Gasteiger partial charge in [0, 0.05) is 29.8 Å². The number of morpholine rings is 1. The number of carbonyl (C=O) groups excluding carboxylic acids is 1. The van der Waals surface area contributed by atoms with Crippen LogP contribution in [0.25, 0.3) is 0 Å². The fourth-order valence-electron chi connectivity index (χ4n) is 3.08. The third-order valence-electron chi connectivity index (χ3n) is 4.41. The normalized spacial score (nSPS) is 14.9. The highest BCUT2D eigenvalue weighted by molar-refractivity contribution is 9.10. The quantitative estimate of drug-likeness (QED) is 0.800. The first kappa shape index (κ1) is 18.9. The van der Waals surface area contributed by atoms with Gasteiger partial charge in [0.2, 0.25) is 0 Å². The minimum Gasteiger partial charge on any atom is -0.496 e. The lowest BCUT2D eigenvalue weighted by molar-refractivity contribution is 0.0342. The van der Waals surface area contributed by atoms with Crippen LogP contribution in [0.2, 0.25) is 0 Å². The Balaban J connectivity index is 1.68. The van der Waals surface area contributed by atoms with Gasteiger partial charge < -0.3 is 14.8 Å². The average molecular weight is 419 g/mol. The van der Waals surface area contributed by atoms with Crippen LogP contribution in [0.4, 0.5) is 5.69 Å². The van der Waals surface area contributed by atoms with Gasteiger partial charge in [-0.3, -0.25) is 9.69 Å². The number of hydrogen-bond acceptors (Lipinski definition) is 4. The van der Waals surface area contributed by atoms with Gasteiger partial charge in [-0.05, 0) is 42.3 Å². The second-order valence-corrected chi connectivity index (χ2v) is 7.26. The Labute approximate surface area is 162 Å². The lowest BCUT2D eigenvalue weighted by Crippen LogP contribution is -2.35. The highest BCUT2D eigenvalue weighted by atomic mass is 79.9. The lowest BCUT2D eigenvalue weighted by Gasteiger charge is -2.26. The number of nitrogens with one attached hydrogen (secondary N) is 1. The zero-order valence-corrected chi connectivity index (χ0v) is 16.6. The first-order valence-electron chi connectivity index (χ1n) is 8.61. The first-order valence-corrected chi connectivity index (χ1v) is 9.40. The maximum atomic E-state index is 12.7. The monoisotopic (exact) mass is 418 g/mol. The number of benzene rings is 2. The Morgan fingerprint density at radius 1 is 1.23 bits per heavy atom. The zero-order chi connectivity index (χ0) is 18.5. The molecule has 0 radical (unpaired) electrons. The van der Waals surface area contributed by atoms with Crippen molar-refractivity contribution in [2.24, 2.45) is 0 Å². The van der Waals surface area contributed by atoms with Crippen LogP contribution in [-0.2, 0) is 11.3 Å². The van der Waals surface area contributed by atoms with Crippen LogP contribution in [0.3, 0.4) is 0 Å². The number of anilines is 1. The van der Waals surface area contributed by atoms with Crippen molar-refractivity contribution < 1.29 is 14.3 Å². The van der Waals surface area contributed by atoms with E-state index in [9.17, 15) is 4.79 Å². The molecule has 1 aliphatic heterocycles. The van der Waals surface area contributed by atoms with Crippen LogP contribution in [0, 0.1) is 6.92 Å². The first-order chi connectivity index (χ1) is 12.6. The van der Waals surface area contributed by atoms with Crippen LogP contribution in [0.1, 0.15) is 21.5 Å². The van der Waals surface area contributed by atoms with Crippen molar-refractivity contribution in [1.29, 1.82) is 0 Å². The Kier molecular flexibility index (Phi) is 6.29. The lowest BCUT2D eigenvalue weighted by atomic mass is 10.1. The molecular formula is C20H23BrN2O3. The van der Waals surface area contributed by atoms with Crippen LogP contribution in [0.5, 0.6) is 5.75 Å². The van der Waals surface area contributed by atoms with E-state index >= 15 is 0 Å². The topological polar surface area (TPSA) is 50.8 Å². The Hall–Kier alpha value is -1.89. The van der Waals surface area contributed by atoms with Crippen molar-refractivity contribution in [3.05, 3.63) is 57.6 Å². The maximum Gasteiger partial charge on any atom is 0.259 e. The van der Waals surface area contributed by atoms with E-state index in [1.54, 1.807) is 13.2 Å². The number of halogens is 1. The smallest absolute Gasteiger partial charge is 0.259 e. The van der Waals surface area contributed by atoms with Crippen LogP contribution in [0.15, 0.2) is 40.9 Å². The largest absolute Gasteiger partial charge is 0.496 e. The summed E-state index contributed by atoms with van der Waals surface area (Å²) in [4.78, 5) is 15.0. The van der Waals surface area contributed by atoms with E-state index in [-0.39, 0.29) is 5.91 Å². The molecule has 1 aliphatic rings. The molecule has 0 spiro atoms. The third kappa shape index (κ3) is 4.63. The molecule has 1 fully saturated rings. The van der Waals surface area contributed by atoms with Gasteiger partial charge in [-0.1, -0.05) is 28.1 Å². The minimum absolute atomic E-state index is 0.188. The van der Waals surface area contributed by atoms with Gasteiger partial charge in [-0.25, -0.2) is 0 Å². The molecule has 1 N–H and O–H groups in total. The Morgan fingerprint density at radius 2 is 1.92 bits per heavy atom. The van der Waals surface area contributed by atoms with Gasteiger partial charge in [0.05, 0.1) is 25.9 Å². The fraction of sp³-hybridized carbons (Fsp3) is 0.350. The van der Waals surface area contributed by atoms with E-state index in [0.29, 0.717) is 11.3 Å². The van der Waals surface area contributed by atoms with Crippen LogP contribution < -0.4 is 10.1 Å². The number of amides is 1. The van der Waals surface area contributed by atoms with E-state index in [0.717, 1.165) is 48.6 Å². The molecule has 6 heteroatoms. The van der Waals surface area contributed by atoms with E-state index in [4.69, 9.17) is 9.47 Å². The molecule has 0 unspecified atom stereocenters. The highest BCUT2D eigenvalue weighted by Gasteiger charge is 2.16. The average Bonchev–Trinajstić information content (AvgIpc) is 2.63. The summed E-state index contributed by atoms with van der Waals surface area (Å²) in [5.74, 6) is 0.404. The summed E-state index contributed by atoms with van der Waals surface area (Å²) in [6.07, 6.45) is 0. The molecule has 2 aromatic rings. The van der Waals surface area contributed by atoms with E-state index in [1.807, 2.05) is 25.1 Å². The van der Waals surface area contributed by atoms with Gasteiger partial charge in [0.1, 0.15) is 5.75 Å². The Bertz CT molecular complexity index is 771. The number of nitrogens with zero attached hydrogens (tertiary/aromatic N) is 1. The second-order valence-electron chi connectivity index (χ2n) is 6.34. The van der Waals surface area contributed by atoms with E-state index in [1.165, 1.54) is 5.56 Å². The molecule has 0 saturated carbocycles. The number of ether oxygens (including phenoxy) is 2. The number of methoxy groups -OCH3 is 1. The van der Waals surface area contributed by atoms with Crippen LogP contribution >= 0.6 is 15.9 Å². The number of rotatable bonds is 5. The molecule has 2 aromatic carbocycles. The molecule has 0 atom stereocenters. The van der Waals surface area contributed by atoms with Crippen molar-refractivity contribution in [1.82, 2.24) is 4.90 Å². The standard InChI is InChI=1S/C20H23BrN2O3/c1-14-11-16(21)12-18(19(14)25-2)20(24)22-17-5-3-15(4-6-17)13-23-7-9-26-10-8-23/h3-6,11-12H,7-10,13H2,1-2H3,(H,22,24). The van der Waals surface area contributed by atoms with Crippen LogP contribution in [-0.4, -0.2) is 44.2 Å². The van der Waals surface area contributed by atoms with Gasteiger partial charge in [0.25, 0.3) is 5.91 Å². The maximum absolute atomic E-state index is 12.7. The van der Waals surface area contributed by atoms with Crippen molar-refractivity contribution in [2.45, 2.75) is 13.5 Å². The third-order valence-corrected chi connectivity index (χ3v) is 4.87. The molecule has 5 nitrogen and oxygen atoms in total. The minimum atomic E-state index is -0.188. The summed E-state index contributed by atoms with van der Waals surface area (Å²) in [5, 5.41) is 2.94. The molecule has 1 heterocycles. The second kappa shape index (κ2) is 8.66. The molecule has 0 aromatic heterocycles. The number of hydrogen-bond donors (Lipinski definition) is 1. The van der Waals surface area contributed by atoms with Crippen molar-refractivity contribution in [3.8, 4) is 5.75 Å². The van der Waals surface area contributed by atoms with Crippen molar-refractivity contribution >= 4 is 27.5 Å². The zero-order valence-electron chi connectivity index (χ0n) is 15.0. The van der Waals surface area contributed by atoms with Gasteiger partial charge in [-0.15, -0.1) is 0 Å². The summed E-state index contributed by atoms with van der Waals surface area (Å²) >= 11 is 3.44. The van der Waals surface area contributed by atoms with Crippen molar-refractivity contribution in [3.63, 3.8) is 0 Å². The molecular weight excluding hydrogens is 396 g/mol. The Morgan fingerprint density at radius 3 is 2.58 bits per heavy atom. The summed E-state index contributed by atoms with van der Waals surface area (Å²) in [5.41, 5.74) is 3.41. The molecule has 0 aliphatic carbocycles. The van der Waals surface area contributed by atoms with Gasteiger partial charge >= 0.3 is 0 Å². The molecule has 26 heavy (non-hydrogen) atoms. The SMILES string of the molecule is COc1c(C)cc(Br)cc1C(=O)Nc1ccc(CN2CCOCC2)cc1. The highest BCUT2D eigenvalue weighted by Crippen LogP contribution is 2.28. The summed E-state index contributed by atoms with van der Waals surface area (Å²) < 4.78 is 11.6. The van der Waals surface area contributed by atoms with Gasteiger partial charge in [0.15, 0.2) is 0 Å². The molecule has 0 bridgehead atoms. The molecule has 3 rings (SSSR count). The predicted molar refractivity (Wildman–Crippen MR) is 106 cm³/mol. The molecule has 138 valence electrons. The molecule has 1 amide bonds. The number of aryl methyl sites for hydroxylation is 1. The fourth-order valence-corrected chi connectivity index (χ4v) is 3.65. The number of carbonyl (C=O) groups is 1. The summed E-state index contributed by atoms with van der Waals surface area (Å²) in [6.45, 7) is 6.32.